The van der Waals surface area contributed by atoms with E-state index in [9.17, 15) is 28.0 Å². The van der Waals surface area contributed by atoms with Gasteiger partial charge in [0.1, 0.15) is 5.54 Å². The lowest BCUT2D eigenvalue weighted by molar-refractivity contribution is -0.198. The molecular formula is C25H27F3N4O2. The summed E-state index contributed by atoms with van der Waals surface area (Å²) in [5, 5.41) is 9.66. The highest BCUT2D eigenvalue weighted by Gasteiger charge is 2.60. The third kappa shape index (κ3) is 5.28. The van der Waals surface area contributed by atoms with Crippen LogP contribution >= 0.6 is 0 Å². The Bertz CT molecular complexity index is 1090. The standard InChI is InChI=1S/C25H27F3N4O2/c1-15(2)12-20(30)23(34)32(24(14-29)10-11-24)22(25(26,27)28)21-9-8-19(13-31-21)18-6-4-17(5-7-18)16(3)33/h4-9,13,15,20,22H,10-12,30H2,1-3H3/t20-,22-/m0/s1. The van der Waals surface area contributed by atoms with Crippen molar-refractivity contribution in [1.82, 2.24) is 9.88 Å². The first kappa shape index (κ1) is 25.4. The number of benzene rings is 1. The quantitative estimate of drug-likeness (QED) is 0.556. The van der Waals surface area contributed by atoms with Gasteiger partial charge in [0.15, 0.2) is 11.8 Å². The van der Waals surface area contributed by atoms with Crippen LogP contribution < -0.4 is 5.73 Å². The summed E-state index contributed by atoms with van der Waals surface area (Å²) in [7, 11) is 0. The number of aromatic nitrogens is 1. The highest BCUT2D eigenvalue weighted by Crippen LogP contribution is 2.50. The maximum Gasteiger partial charge on any atom is 0.414 e. The van der Waals surface area contributed by atoms with Gasteiger partial charge in [0.2, 0.25) is 5.91 Å². The molecule has 1 aromatic carbocycles. The van der Waals surface area contributed by atoms with Gasteiger partial charge in [-0.3, -0.25) is 14.6 Å². The van der Waals surface area contributed by atoms with E-state index in [1.165, 1.54) is 25.3 Å². The van der Waals surface area contributed by atoms with Crippen LogP contribution in [0.4, 0.5) is 13.2 Å². The Morgan fingerprint density at radius 3 is 2.15 bits per heavy atom. The Morgan fingerprint density at radius 1 is 1.15 bits per heavy atom. The van der Waals surface area contributed by atoms with Crippen molar-refractivity contribution < 1.29 is 22.8 Å². The second-order valence-corrected chi connectivity index (χ2v) is 9.14. The lowest BCUT2D eigenvalue weighted by Gasteiger charge is -2.37. The molecule has 0 bridgehead atoms. The lowest BCUT2D eigenvalue weighted by Crippen LogP contribution is -2.55. The fourth-order valence-electron chi connectivity index (χ4n) is 3.98. The molecule has 1 heterocycles. The van der Waals surface area contributed by atoms with Crippen molar-refractivity contribution in [3.63, 3.8) is 0 Å². The molecule has 0 spiro atoms. The van der Waals surface area contributed by atoms with Crippen LogP contribution in [0.25, 0.3) is 11.1 Å². The van der Waals surface area contributed by atoms with E-state index >= 15 is 0 Å². The molecule has 6 nitrogen and oxygen atoms in total. The van der Waals surface area contributed by atoms with Crippen LogP contribution in [0.2, 0.25) is 0 Å². The highest BCUT2D eigenvalue weighted by molar-refractivity contribution is 5.94. The summed E-state index contributed by atoms with van der Waals surface area (Å²) in [6.45, 7) is 5.08. The van der Waals surface area contributed by atoms with Gasteiger partial charge in [-0.05, 0) is 43.7 Å². The molecule has 3 rings (SSSR count). The molecule has 1 fully saturated rings. The number of alkyl halides is 3. The molecule has 1 saturated carbocycles. The minimum atomic E-state index is -4.86. The number of hydrogen-bond donors (Lipinski definition) is 1. The van der Waals surface area contributed by atoms with E-state index < -0.39 is 29.7 Å². The van der Waals surface area contributed by atoms with Crippen molar-refractivity contribution in [2.24, 2.45) is 11.7 Å². The van der Waals surface area contributed by atoms with Crippen LogP contribution in [-0.2, 0) is 4.79 Å². The smallest absolute Gasteiger partial charge is 0.320 e. The van der Waals surface area contributed by atoms with E-state index in [0.717, 1.165) is 0 Å². The van der Waals surface area contributed by atoms with E-state index in [0.29, 0.717) is 21.6 Å². The molecule has 0 aliphatic heterocycles. The van der Waals surface area contributed by atoms with Crippen LogP contribution in [0.15, 0.2) is 42.6 Å². The number of Topliss-reactive ketones (excluding diaryl/α,β-unsaturated/α-hetero) is 1. The first-order chi connectivity index (χ1) is 15.9. The first-order valence-electron chi connectivity index (χ1n) is 11.0. The van der Waals surface area contributed by atoms with E-state index in [4.69, 9.17) is 5.73 Å². The average molecular weight is 473 g/mol. The third-order valence-electron chi connectivity index (χ3n) is 5.93. The molecule has 2 N–H and O–H groups in total. The van der Waals surface area contributed by atoms with Gasteiger partial charge < -0.3 is 10.6 Å². The topological polar surface area (TPSA) is 100 Å². The maximum atomic E-state index is 14.4. The highest BCUT2D eigenvalue weighted by atomic mass is 19.4. The number of ketones is 1. The molecule has 180 valence electrons. The van der Waals surface area contributed by atoms with Gasteiger partial charge in [0, 0.05) is 17.3 Å². The number of nitrogens with zero attached hydrogens (tertiary/aromatic N) is 3. The molecular weight excluding hydrogens is 445 g/mol. The number of nitrogens with two attached hydrogens (primary N) is 1. The monoisotopic (exact) mass is 472 g/mol. The Labute approximate surface area is 196 Å². The molecule has 2 aromatic rings. The number of pyridine rings is 1. The molecule has 2 atom stereocenters. The van der Waals surface area contributed by atoms with Gasteiger partial charge in [-0.1, -0.05) is 44.2 Å². The zero-order valence-electron chi connectivity index (χ0n) is 19.3. The zero-order chi connectivity index (χ0) is 25.3. The van der Waals surface area contributed by atoms with Gasteiger partial charge in [-0.15, -0.1) is 0 Å². The third-order valence-corrected chi connectivity index (χ3v) is 5.93. The predicted octanol–water partition coefficient (Wildman–Crippen LogP) is 4.81. The number of carbonyl (C=O) groups is 2. The second kappa shape index (κ2) is 9.55. The lowest BCUT2D eigenvalue weighted by atomic mass is 9.99. The maximum absolute atomic E-state index is 14.4. The molecule has 34 heavy (non-hydrogen) atoms. The van der Waals surface area contributed by atoms with Crippen LogP contribution in [0.5, 0.6) is 0 Å². The Kier molecular flexibility index (Phi) is 7.13. The fraction of sp³-hybridized carbons (Fsp3) is 0.440. The molecule has 1 aliphatic carbocycles. The second-order valence-electron chi connectivity index (χ2n) is 9.14. The van der Waals surface area contributed by atoms with Crippen LogP contribution in [0.1, 0.15) is 62.1 Å². The summed E-state index contributed by atoms with van der Waals surface area (Å²) in [6.07, 6.45) is -3.07. The summed E-state index contributed by atoms with van der Waals surface area (Å²) < 4.78 is 43.1. The van der Waals surface area contributed by atoms with E-state index in [2.05, 4.69) is 4.98 Å². The SMILES string of the molecule is CC(=O)c1ccc(-c2ccc([C@H](N(C(=O)[C@@H](N)CC(C)C)C3(C#N)CC3)C(F)(F)F)nc2)cc1. The summed E-state index contributed by atoms with van der Waals surface area (Å²) in [6, 6.07) is 7.68. The van der Waals surface area contributed by atoms with Gasteiger partial charge in [0.05, 0.1) is 17.8 Å². The van der Waals surface area contributed by atoms with Crippen molar-refractivity contribution in [3.05, 3.63) is 53.9 Å². The Hall–Kier alpha value is -3.25. The molecule has 1 aromatic heterocycles. The Balaban J connectivity index is 2.00. The molecule has 0 radical (unpaired) electrons. The number of nitriles is 1. The molecule has 0 unspecified atom stereocenters. The number of rotatable bonds is 8. The number of halogens is 3. The molecule has 1 aliphatic rings. The van der Waals surface area contributed by atoms with Crippen molar-refractivity contribution in [1.29, 1.82) is 5.26 Å². The van der Waals surface area contributed by atoms with E-state index in [-0.39, 0.29) is 36.7 Å². The van der Waals surface area contributed by atoms with Crippen LogP contribution in [-0.4, -0.2) is 39.3 Å². The van der Waals surface area contributed by atoms with Crippen LogP contribution in [0, 0.1) is 17.2 Å². The van der Waals surface area contributed by atoms with Crippen molar-refractivity contribution >= 4 is 11.7 Å². The normalized spacial score (nSPS) is 16.4. The predicted molar refractivity (Wildman–Crippen MR) is 120 cm³/mol. The molecule has 1 amide bonds. The summed E-state index contributed by atoms with van der Waals surface area (Å²) in [5.74, 6) is -1.00. The number of hydrogen-bond acceptors (Lipinski definition) is 5. The largest absolute Gasteiger partial charge is 0.414 e. The minimum absolute atomic E-state index is 0.00539. The van der Waals surface area contributed by atoms with Crippen molar-refractivity contribution in [2.75, 3.05) is 0 Å². The van der Waals surface area contributed by atoms with Gasteiger partial charge in [0.25, 0.3) is 0 Å². The van der Waals surface area contributed by atoms with Crippen molar-refractivity contribution in [3.8, 4) is 17.2 Å². The first-order valence-corrected chi connectivity index (χ1v) is 11.0. The molecule has 0 saturated heterocycles. The summed E-state index contributed by atoms with van der Waals surface area (Å²) in [5.41, 5.74) is 5.79. The van der Waals surface area contributed by atoms with Gasteiger partial charge in [-0.2, -0.15) is 18.4 Å². The van der Waals surface area contributed by atoms with E-state index in [1.54, 1.807) is 24.3 Å². The minimum Gasteiger partial charge on any atom is -0.320 e. The summed E-state index contributed by atoms with van der Waals surface area (Å²) >= 11 is 0. The van der Waals surface area contributed by atoms with Gasteiger partial charge >= 0.3 is 6.18 Å². The fourth-order valence-corrected chi connectivity index (χ4v) is 3.98. The Morgan fingerprint density at radius 2 is 1.74 bits per heavy atom. The van der Waals surface area contributed by atoms with Crippen molar-refractivity contribution in [2.45, 2.75) is 63.8 Å². The van der Waals surface area contributed by atoms with Crippen LogP contribution in [0.3, 0.4) is 0 Å². The average Bonchev–Trinajstić information content (AvgIpc) is 3.57. The van der Waals surface area contributed by atoms with E-state index in [1.807, 2.05) is 19.9 Å². The molecule has 9 heteroatoms. The number of carbonyl (C=O) groups excluding carboxylic acids is 2. The van der Waals surface area contributed by atoms with Gasteiger partial charge in [-0.25, -0.2) is 0 Å². The summed E-state index contributed by atoms with van der Waals surface area (Å²) in [4.78, 5) is 29.3. The number of amides is 1. The zero-order valence-corrected chi connectivity index (χ0v) is 19.3.